The Morgan fingerprint density at radius 2 is 2.09 bits per heavy atom. The normalized spacial score (nSPS) is 26.0. The van der Waals surface area contributed by atoms with E-state index in [1.54, 1.807) is 24.7 Å². The molecule has 6 nitrogen and oxygen atoms in total. The van der Waals surface area contributed by atoms with Crippen molar-refractivity contribution in [1.82, 2.24) is 19.9 Å². The summed E-state index contributed by atoms with van der Waals surface area (Å²) in [5.41, 5.74) is 1.04. The smallest absolute Gasteiger partial charge is 0.212 e. The quantitative estimate of drug-likeness (QED) is 0.852. The van der Waals surface area contributed by atoms with Crippen LogP contribution in [0.15, 0.2) is 30.7 Å². The number of aromatic nitrogens is 3. The summed E-state index contributed by atoms with van der Waals surface area (Å²) in [6, 6.07) is 4.39. The Kier molecular flexibility index (Phi) is 2.99. The third kappa shape index (κ3) is 2.84. The summed E-state index contributed by atoms with van der Waals surface area (Å²) >= 11 is 5.80. The molecule has 0 amide bonds. The fourth-order valence-electron chi connectivity index (χ4n) is 3.38. The Morgan fingerprint density at radius 3 is 2.74 bits per heavy atom. The van der Waals surface area contributed by atoms with E-state index in [2.05, 4.69) is 24.8 Å². The molecule has 3 aliphatic heterocycles. The third-order valence-corrected chi connectivity index (χ3v) is 4.74. The first-order valence-electron chi connectivity index (χ1n) is 8.99. The molecule has 2 bridgehead atoms. The zero-order valence-corrected chi connectivity index (χ0v) is 13.1. The van der Waals surface area contributed by atoms with E-state index in [-0.39, 0.29) is 5.88 Å². The average molecular weight is 335 g/mol. The molecule has 0 aliphatic carbocycles. The predicted octanol–water partition coefficient (Wildman–Crippen LogP) is 2.00. The van der Waals surface area contributed by atoms with Crippen molar-refractivity contribution in [2.45, 2.75) is 25.0 Å². The van der Waals surface area contributed by atoms with Crippen LogP contribution in [-0.2, 0) is 6.54 Å². The van der Waals surface area contributed by atoms with Crippen molar-refractivity contribution in [3.8, 4) is 5.88 Å². The monoisotopic (exact) mass is 334 g/mol. The fourth-order valence-corrected chi connectivity index (χ4v) is 3.47. The van der Waals surface area contributed by atoms with E-state index < -0.39 is 7.04 Å². The Hall–Kier alpha value is -1.92. The van der Waals surface area contributed by atoms with Gasteiger partial charge in [-0.15, -0.1) is 0 Å². The first-order valence-corrected chi connectivity index (χ1v) is 7.87. The predicted molar refractivity (Wildman–Crippen MR) is 87.8 cm³/mol. The van der Waals surface area contributed by atoms with Gasteiger partial charge in [-0.1, -0.05) is 17.7 Å². The van der Waals surface area contributed by atoms with E-state index in [0.717, 1.165) is 31.0 Å². The molecule has 3 saturated heterocycles. The second kappa shape index (κ2) is 5.94. The van der Waals surface area contributed by atoms with Gasteiger partial charge < -0.3 is 9.64 Å². The maximum absolute atomic E-state index is 7.10. The minimum Gasteiger partial charge on any atom is -0.481 e. The summed E-state index contributed by atoms with van der Waals surface area (Å²) in [4.78, 5) is 17.2. The van der Waals surface area contributed by atoms with Gasteiger partial charge in [-0.25, -0.2) is 15.0 Å². The zero-order chi connectivity index (χ0) is 18.3. The van der Waals surface area contributed by atoms with Crippen LogP contribution in [0.1, 0.15) is 16.1 Å². The number of hydrogen-bond donors (Lipinski definition) is 0. The van der Waals surface area contributed by atoms with Crippen molar-refractivity contribution in [2.24, 2.45) is 0 Å². The topological polar surface area (TPSA) is 54.4 Å². The highest BCUT2D eigenvalue weighted by atomic mass is 35.5. The lowest BCUT2D eigenvalue weighted by molar-refractivity contribution is -0.00879. The van der Waals surface area contributed by atoms with Gasteiger partial charge in [0.1, 0.15) is 11.0 Å². The van der Waals surface area contributed by atoms with Crippen molar-refractivity contribution in [3.63, 3.8) is 0 Å². The number of anilines is 1. The first-order chi connectivity index (χ1) is 12.4. The van der Waals surface area contributed by atoms with Crippen LogP contribution in [-0.4, -0.2) is 52.1 Å². The number of piperidine rings is 1. The number of piperazine rings is 1. The van der Waals surface area contributed by atoms with Crippen LogP contribution in [0.4, 0.5) is 5.82 Å². The van der Waals surface area contributed by atoms with Gasteiger partial charge in [0.25, 0.3) is 0 Å². The summed E-state index contributed by atoms with van der Waals surface area (Å²) < 4.78 is 26.1. The summed E-state index contributed by atoms with van der Waals surface area (Å²) in [7, 11) is -2.48. The molecule has 7 heteroatoms. The second-order valence-corrected chi connectivity index (χ2v) is 6.31. The lowest BCUT2D eigenvalue weighted by Gasteiger charge is -2.56. The van der Waals surface area contributed by atoms with Gasteiger partial charge in [0.05, 0.1) is 23.5 Å². The van der Waals surface area contributed by atoms with Crippen LogP contribution >= 0.6 is 11.6 Å². The average Bonchev–Trinajstić information content (AvgIpc) is 2.60. The van der Waals surface area contributed by atoms with Crippen LogP contribution in [0.5, 0.6) is 5.88 Å². The van der Waals surface area contributed by atoms with Gasteiger partial charge in [-0.05, 0) is 12.0 Å². The lowest BCUT2D eigenvalue weighted by atomic mass is 9.87. The van der Waals surface area contributed by atoms with Crippen LogP contribution in [0.3, 0.4) is 0 Å². The van der Waals surface area contributed by atoms with Gasteiger partial charge in [0, 0.05) is 44.0 Å². The van der Waals surface area contributed by atoms with Crippen molar-refractivity contribution in [2.75, 3.05) is 25.0 Å². The summed E-state index contributed by atoms with van der Waals surface area (Å²) in [6.45, 7) is 2.59. The van der Waals surface area contributed by atoms with Gasteiger partial charge in [0.2, 0.25) is 5.88 Å². The molecule has 23 heavy (non-hydrogen) atoms. The zero-order valence-electron chi connectivity index (χ0n) is 15.4. The molecule has 0 spiro atoms. The molecular weight excluding hydrogens is 314 g/mol. The highest BCUT2D eigenvalue weighted by molar-refractivity contribution is 6.29. The van der Waals surface area contributed by atoms with E-state index >= 15 is 0 Å². The molecule has 0 saturated carbocycles. The van der Waals surface area contributed by atoms with Crippen molar-refractivity contribution in [1.29, 1.82) is 0 Å². The number of halogens is 1. The van der Waals surface area contributed by atoms with E-state index in [9.17, 15) is 0 Å². The molecular formula is C16H18ClN5O. The Balaban J connectivity index is 1.36. The van der Waals surface area contributed by atoms with E-state index in [4.69, 9.17) is 20.5 Å². The molecule has 3 fully saturated rings. The number of fused-ring (bicyclic) bond motifs is 2. The van der Waals surface area contributed by atoms with Gasteiger partial charge in [-0.3, -0.25) is 4.90 Å². The number of rotatable bonds is 4. The van der Waals surface area contributed by atoms with Crippen LogP contribution in [0, 0.1) is 0 Å². The molecule has 0 N–H and O–H groups in total. The third-order valence-electron chi connectivity index (χ3n) is 4.54. The number of nitrogens with zero attached hydrogens (tertiary/aromatic N) is 5. The number of pyridine rings is 1. The van der Waals surface area contributed by atoms with Gasteiger partial charge in [-0.2, -0.15) is 0 Å². The fraction of sp³-hybridized carbons (Fsp3) is 0.438. The van der Waals surface area contributed by atoms with Crippen LogP contribution in [0.25, 0.3) is 0 Å². The minimum atomic E-state index is -2.48. The second-order valence-electron chi connectivity index (χ2n) is 5.92. The van der Waals surface area contributed by atoms with Gasteiger partial charge in [0.15, 0.2) is 0 Å². The molecule has 5 heterocycles. The lowest BCUT2D eigenvalue weighted by Crippen LogP contribution is -2.68. The maximum Gasteiger partial charge on any atom is 0.212 e. The molecule has 120 valence electrons. The Morgan fingerprint density at radius 1 is 1.22 bits per heavy atom. The molecule has 2 aromatic rings. The Bertz CT molecular complexity index is 759. The summed E-state index contributed by atoms with van der Waals surface area (Å²) in [6.07, 6.45) is 6.14. The SMILES string of the molecule is [2H]C([2H])([2H])Oc1ccc(CN2C3CC2CN(c2cnc(Cl)cn2)C3)cn1. The number of methoxy groups -OCH3 is 1. The first kappa shape index (κ1) is 11.6. The van der Waals surface area contributed by atoms with Crippen molar-refractivity contribution < 1.29 is 8.85 Å². The largest absolute Gasteiger partial charge is 0.481 e. The molecule has 5 rings (SSSR count). The molecule has 3 aliphatic rings. The van der Waals surface area contributed by atoms with E-state index in [0.29, 0.717) is 17.2 Å². The number of hydrogen-bond acceptors (Lipinski definition) is 6. The molecule has 2 unspecified atom stereocenters. The summed E-state index contributed by atoms with van der Waals surface area (Å²) in [5.74, 6) is 0.974. The van der Waals surface area contributed by atoms with Crippen LogP contribution < -0.4 is 9.64 Å². The highest BCUT2D eigenvalue weighted by Gasteiger charge is 2.44. The van der Waals surface area contributed by atoms with Crippen molar-refractivity contribution >= 4 is 17.4 Å². The van der Waals surface area contributed by atoms with Crippen molar-refractivity contribution in [3.05, 3.63) is 41.4 Å². The molecule has 0 radical (unpaired) electrons. The van der Waals surface area contributed by atoms with E-state index in [1.165, 1.54) is 6.42 Å². The van der Waals surface area contributed by atoms with Gasteiger partial charge >= 0.3 is 0 Å². The molecule has 2 atom stereocenters. The number of ether oxygens (including phenoxy) is 1. The van der Waals surface area contributed by atoms with Crippen LogP contribution in [0.2, 0.25) is 5.15 Å². The molecule has 0 aromatic carbocycles. The summed E-state index contributed by atoms with van der Waals surface area (Å²) in [5, 5.41) is 0.399. The minimum absolute atomic E-state index is 0.116. The van der Waals surface area contributed by atoms with E-state index in [1.807, 2.05) is 6.07 Å². The standard InChI is InChI=1S/C16H18ClN5O/c1-23-16-3-2-11(5-20-16)8-22-12-4-13(22)10-21(9-12)15-7-18-14(17)6-19-15/h2-3,5-7,12-13H,4,8-10H2,1H3/i1D3. The Labute approximate surface area is 144 Å². The highest BCUT2D eigenvalue weighted by Crippen LogP contribution is 2.35. The maximum atomic E-state index is 7.10. The molecule has 2 aromatic heterocycles.